The van der Waals surface area contributed by atoms with Crippen LogP contribution in [0.25, 0.3) is 0 Å². The largest absolute Gasteiger partial charge is 0.372 e. The molecule has 0 saturated heterocycles. The van der Waals surface area contributed by atoms with Crippen LogP contribution in [0.1, 0.15) is 58.6 Å². The number of benzene rings is 1. The first-order valence-electron chi connectivity index (χ1n) is 7.54. The summed E-state index contributed by atoms with van der Waals surface area (Å²) in [6.45, 7) is 10.3. The number of nitrogens with one attached hydrogen (secondary N) is 1. The first-order valence-corrected chi connectivity index (χ1v) is 7.92. The van der Waals surface area contributed by atoms with E-state index < -0.39 is 0 Å². The van der Waals surface area contributed by atoms with Crippen molar-refractivity contribution in [3.8, 4) is 0 Å². The van der Waals surface area contributed by atoms with E-state index in [0.29, 0.717) is 0 Å². The topological polar surface area (TPSA) is 21.3 Å². The van der Waals surface area contributed by atoms with Crippen LogP contribution in [-0.4, -0.2) is 18.7 Å². The Hall–Kier alpha value is -0.570. The van der Waals surface area contributed by atoms with Crippen molar-refractivity contribution in [3.63, 3.8) is 0 Å². The van der Waals surface area contributed by atoms with Crippen molar-refractivity contribution in [3.05, 3.63) is 34.9 Å². The van der Waals surface area contributed by atoms with Crippen molar-refractivity contribution in [2.75, 3.05) is 13.2 Å². The molecular formula is C17H28ClNO. The van der Waals surface area contributed by atoms with Gasteiger partial charge >= 0.3 is 0 Å². The van der Waals surface area contributed by atoms with E-state index in [1.807, 2.05) is 18.2 Å². The van der Waals surface area contributed by atoms with Crippen molar-refractivity contribution < 1.29 is 4.74 Å². The van der Waals surface area contributed by atoms with Crippen molar-refractivity contribution in [1.82, 2.24) is 5.32 Å². The minimum Gasteiger partial charge on any atom is -0.372 e. The molecule has 1 aromatic rings. The maximum atomic E-state index is 6.09. The van der Waals surface area contributed by atoms with Crippen molar-refractivity contribution >= 4 is 11.6 Å². The van der Waals surface area contributed by atoms with Gasteiger partial charge < -0.3 is 10.1 Å². The van der Waals surface area contributed by atoms with E-state index in [1.165, 1.54) is 12.8 Å². The highest BCUT2D eigenvalue weighted by molar-refractivity contribution is 6.30. The van der Waals surface area contributed by atoms with Gasteiger partial charge in [-0.25, -0.2) is 0 Å². The maximum Gasteiger partial charge on any atom is 0.0949 e. The highest BCUT2D eigenvalue weighted by Crippen LogP contribution is 2.21. The van der Waals surface area contributed by atoms with Gasteiger partial charge in [-0.1, -0.05) is 43.5 Å². The van der Waals surface area contributed by atoms with E-state index >= 15 is 0 Å². The summed E-state index contributed by atoms with van der Waals surface area (Å²) >= 11 is 6.09. The molecule has 1 aromatic carbocycles. The van der Waals surface area contributed by atoms with Crippen LogP contribution in [0.15, 0.2) is 24.3 Å². The summed E-state index contributed by atoms with van der Waals surface area (Å²) in [5.74, 6) is 0. The van der Waals surface area contributed by atoms with Gasteiger partial charge in [0.2, 0.25) is 0 Å². The first kappa shape index (κ1) is 17.5. The Balaban J connectivity index is 2.63. The zero-order valence-electron chi connectivity index (χ0n) is 13.2. The molecule has 114 valence electrons. The van der Waals surface area contributed by atoms with Crippen LogP contribution in [0.2, 0.25) is 5.02 Å². The molecule has 2 nitrogen and oxygen atoms in total. The van der Waals surface area contributed by atoms with Crippen LogP contribution >= 0.6 is 11.6 Å². The second kappa shape index (κ2) is 8.66. The number of halogens is 1. The van der Waals surface area contributed by atoms with E-state index in [9.17, 15) is 0 Å². The molecule has 0 bridgehead atoms. The average molecular weight is 298 g/mol. The second-order valence-electron chi connectivity index (χ2n) is 6.25. The lowest BCUT2D eigenvalue weighted by Crippen LogP contribution is -2.39. The molecule has 1 unspecified atom stereocenters. The molecule has 1 N–H and O–H groups in total. The fourth-order valence-electron chi connectivity index (χ4n) is 1.96. The van der Waals surface area contributed by atoms with Gasteiger partial charge in [0, 0.05) is 23.7 Å². The van der Waals surface area contributed by atoms with E-state index in [-0.39, 0.29) is 11.6 Å². The summed E-state index contributed by atoms with van der Waals surface area (Å²) in [5, 5.41) is 4.28. The summed E-state index contributed by atoms with van der Waals surface area (Å²) in [4.78, 5) is 0. The monoisotopic (exact) mass is 297 g/mol. The van der Waals surface area contributed by atoms with Gasteiger partial charge in [0.15, 0.2) is 0 Å². The molecule has 0 aliphatic carbocycles. The number of hydrogen-bond donors (Lipinski definition) is 1. The molecule has 0 aliphatic rings. The fraction of sp³-hybridized carbons (Fsp3) is 0.647. The number of rotatable bonds is 8. The smallest absolute Gasteiger partial charge is 0.0949 e. The Bertz CT molecular complexity index is 387. The molecule has 0 amide bonds. The molecule has 0 radical (unpaired) electrons. The highest BCUT2D eigenvalue weighted by atomic mass is 35.5. The van der Waals surface area contributed by atoms with Gasteiger partial charge in [-0.15, -0.1) is 0 Å². The molecule has 0 saturated carbocycles. The summed E-state index contributed by atoms with van der Waals surface area (Å²) < 4.78 is 6.06. The molecule has 0 aliphatic heterocycles. The third kappa shape index (κ3) is 7.28. The molecule has 1 rings (SSSR count). The summed E-state index contributed by atoms with van der Waals surface area (Å²) in [6.07, 6.45) is 3.61. The lowest BCUT2D eigenvalue weighted by molar-refractivity contribution is 0.0458. The SMILES string of the molecule is CCCCCOC(CNC(C)(C)C)c1cccc(Cl)c1. The molecule has 1 atom stereocenters. The van der Waals surface area contributed by atoms with Crippen LogP contribution in [-0.2, 0) is 4.74 Å². The molecule has 0 aromatic heterocycles. The number of ether oxygens (including phenoxy) is 1. The Morgan fingerprint density at radius 2 is 2.00 bits per heavy atom. The fourth-order valence-corrected chi connectivity index (χ4v) is 2.16. The van der Waals surface area contributed by atoms with Gasteiger partial charge in [-0.05, 0) is 44.9 Å². The van der Waals surface area contributed by atoms with Gasteiger partial charge in [-0.2, -0.15) is 0 Å². The van der Waals surface area contributed by atoms with Crippen LogP contribution < -0.4 is 5.32 Å². The standard InChI is InChI=1S/C17H28ClNO/c1-5-6-7-11-20-16(13-19-17(2,3)4)14-9-8-10-15(18)12-14/h8-10,12,16,19H,5-7,11,13H2,1-4H3. The number of unbranched alkanes of at least 4 members (excludes halogenated alkanes) is 2. The molecule has 20 heavy (non-hydrogen) atoms. The zero-order chi connectivity index (χ0) is 15.0. The first-order chi connectivity index (χ1) is 9.42. The summed E-state index contributed by atoms with van der Waals surface area (Å²) in [5.41, 5.74) is 1.23. The minimum atomic E-state index is 0.0600. The molecule has 0 fully saturated rings. The highest BCUT2D eigenvalue weighted by Gasteiger charge is 2.16. The summed E-state index contributed by atoms with van der Waals surface area (Å²) in [7, 11) is 0. The molecule has 3 heteroatoms. The quantitative estimate of drug-likeness (QED) is 0.684. The predicted octanol–water partition coefficient (Wildman–Crippen LogP) is 4.98. The second-order valence-corrected chi connectivity index (χ2v) is 6.69. The van der Waals surface area contributed by atoms with Crippen molar-refractivity contribution in [1.29, 1.82) is 0 Å². The normalized spacial score (nSPS) is 13.4. The lowest BCUT2D eigenvalue weighted by atomic mass is 10.1. The molecule has 0 heterocycles. The van der Waals surface area contributed by atoms with Crippen LogP contribution in [0.5, 0.6) is 0 Å². The minimum absolute atomic E-state index is 0.0600. The van der Waals surface area contributed by atoms with Crippen molar-refractivity contribution in [2.45, 2.75) is 58.6 Å². The van der Waals surface area contributed by atoms with E-state index in [4.69, 9.17) is 16.3 Å². The van der Waals surface area contributed by atoms with E-state index in [1.54, 1.807) is 0 Å². The van der Waals surface area contributed by atoms with Crippen LogP contribution in [0.4, 0.5) is 0 Å². The van der Waals surface area contributed by atoms with Gasteiger partial charge in [-0.3, -0.25) is 0 Å². The Morgan fingerprint density at radius 1 is 1.25 bits per heavy atom. The van der Waals surface area contributed by atoms with Gasteiger partial charge in [0.05, 0.1) is 6.10 Å². The van der Waals surface area contributed by atoms with Crippen molar-refractivity contribution in [2.24, 2.45) is 0 Å². The Labute approximate surface area is 128 Å². The molecular weight excluding hydrogens is 270 g/mol. The maximum absolute atomic E-state index is 6.09. The zero-order valence-corrected chi connectivity index (χ0v) is 14.0. The predicted molar refractivity (Wildman–Crippen MR) is 87.4 cm³/mol. The third-order valence-corrected chi connectivity index (χ3v) is 3.34. The third-order valence-electron chi connectivity index (χ3n) is 3.11. The van der Waals surface area contributed by atoms with Gasteiger partial charge in [0.1, 0.15) is 0 Å². The van der Waals surface area contributed by atoms with E-state index in [2.05, 4.69) is 39.1 Å². The van der Waals surface area contributed by atoms with E-state index in [0.717, 1.165) is 30.2 Å². The summed E-state index contributed by atoms with van der Waals surface area (Å²) in [6, 6.07) is 7.96. The van der Waals surface area contributed by atoms with Crippen LogP contribution in [0.3, 0.4) is 0 Å². The Kier molecular flexibility index (Phi) is 7.57. The lowest BCUT2D eigenvalue weighted by Gasteiger charge is -2.26. The van der Waals surface area contributed by atoms with Crippen LogP contribution in [0, 0.1) is 0 Å². The van der Waals surface area contributed by atoms with Gasteiger partial charge in [0.25, 0.3) is 0 Å². The Morgan fingerprint density at radius 3 is 2.60 bits per heavy atom. The molecule has 0 spiro atoms. The average Bonchev–Trinajstić information content (AvgIpc) is 2.36. The number of hydrogen-bond acceptors (Lipinski definition) is 2.